The van der Waals surface area contributed by atoms with Crippen LogP contribution in [0.1, 0.15) is 56.0 Å². The van der Waals surface area contributed by atoms with Gasteiger partial charge in [0.1, 0.15) is 0 Å². The zero-order chi connectivity index (χ0) is 19.1. The lowest BCUT2D eigenvalue weighted by molar-refractivity contribution is -0.314. The lowest BCUT2D eigenvalue weighted by Crippen LogP contribution is -2.50. The first-order valence-electron chi connectivity index (χ1n) is 9.10. The van der Waals surface area contributed by atoms with Crippen molar-refractivity contribution >= 4 is 17.8 Å². The van der Waals surface area contributed by atoms with Crippen molar-refractivity contribution in [1.29, 1.82) is 0 Å². The van der Waals surface area contributed by atoms with Gasteiger partial charge in [0.15, 0.2) is 0 Å². The number of hydrogen-bond acceptors (Lipinski definition) is 4. The van der Waals surface area contributed by atoms with Crippen molar-refractivity contribution in [1.82, 2.24) is 10.9 Å². The molecule has 0 aromatic heterocycles. The summed E-state index contributed by atoms with van der Waals surface area (Å²) in [5.74, 6) is -3.33. The fraction of sp³-hybridized carbons (Fsp3) is 0.550. The molecular weight excluding hydrogens is 332 g/mol. The molecule has 6 heteroatoms. The van der Waals surface area contributed by atoms with Crippen molar-refractivity contribution in [3.63, 3.8) is 0 Å². The van der Waals surface area contributed by atoms with Gasteiger partial charge in [0.05, 0.1) is 5.92 Å². The lowest BCUT2D eigenvalue weighted by Gasteiger charge is -2.30. The molecule has 0 aliphatic heterocycles. The monoisotopic (exact) mass is 357 g/mol. The van der Waals surface area contributed by atoms with Gasteiger partial charge < -0.3 is 9.90 Å². The van der Waals surface area contributed by atoms with Gasteiger partial charge in [-0.3, -0.25) is 20.4 Å². The van der Waals surface area contributed by atoms with E-state index in [4.69, 9.17) is 0 Å². The summed E-state index contributed by atoms with van der Waals surface area (Å²) in [6, 6.07) is 7.20. The predicted octanol–water partition coefficient (Wildman–Crippen LogP) is 1.16. The molecule has 0 unspecified atom stereocenters. The van der Waals surface area contributed by atoms with E-state index in [0.717, 1.165) is 24.8 Å². The Morgan fingerprint density at radius 1 is 0.962 bits per heavy atom. The summed E-state index contributed by atoms with van der Waals surface area (Å²) in [4.78, 5) is 36.1. The minimum absolute atomic E-state index is 0.00904. The maximum atomic E-state index is 12.5. The first-order chi connectivity index (χ1) is 12.2. The van der Waals surface area contributed by atoms with Crippen molar-refractivity contribution in [2.45, 2.75) is 45.4 Å². The fourth-order valence-corrected chi connectivity index (χ4v) is 4.40. The number of amides is 2. The number of benzene rings is 1. The van der Waals surface area contributed by atoms with Crippen LogP contribution < -0.4 is 16.0 Å². The number of aliphatic carboxylic acids is 1. The van der Waals surface area contributed by atoms with Crippen LogP contribution in [-0.4, -0.2) is 17.8 Å². The third-order valence-electron chi connectivity index (χ3n) is 5.80. The minimum atomic E-state index is -1.17. The van der Waals surface area contributed by atoms with Gasteiger partial charge in [-0.1, -0.05) is 32.9 Å². The Bertz CT molecular complexity index is 720. The van der Waals surface area contributed by atoms with Gasteiger partial charge in [0, 0.05) is 17.5 Å². The molecular formula is C20H25N2O4-. The number of hydrazine groups is 1. The Morgan fingerprint density at radius 3 is 2.08 bits per heavy atom. The second-order valence-corrected chi connectivity index (χ2v) is 8.47. The molecule has 1 aromatic rings. The maximum absolute atomic E-state index is 12.5. The van der Waals surface area contributed by atoms with E-state index in [9.17, 15) is 19.5 Å². The number of rotatable bonds is 3. The van der Waals surface area contributed by atoms with E-state index in [2.05, 4.69) is 31.6 Å². The molecule has 3 rings (SSSR count). The maximum Gasteiger partial charge on any atom is 0.269 e. The van der Waals surface area contributed by atoms with E-state index in [-0.39, 0.29) is 17.3 Å². The number of hydrogen-bond donors (Lipinski definition) is 2. The third kappa shape index (κ3) is 3.45. The SMILES string of the molecule is CC(C)(C)c1ccc(C(=O)NNC(=O)[C@H]2[C@@H]3CC[C@@H](C3)[C@@H]2C(=O)[O-])cc1. The summed E-state index contributed by atoms with van der Waals surface area (Å²) < 4.78 is 0. The summed E-state index contributed by atoms with van der Waals surface area (Å²) in [7, 11) is 0. The molecule has 2 N–H and O–H groups in total. The molecule has 2 aliphatic carbocycles. The van der Waals surface area contributed by atoms with E-state index in [1.165, 1.54) is 0 Å². The van der Waals surface area contributed by atoms with E-state index in [1.807, 2.05) is 12.1 Å². The van der Waals surface area contributed by atoms with Crippen molar-refractivity contribution in [2.75, 3.05) is 0 Å². The average Bonchev–Trinajstić information content (AvgIpc) is 3.19. The van der Waals surface area contributed by atoms with Crippen LogP contribution in [0, 0.1) is 23.7 Å². The van der Waals surface area contributed by atoms with Crippen molar-refractivity contribution in [2.24, 2.45) is 23.7 Å². The van der Waals surface area contributed by atoms with Crippen LogP contribution in [0.3, 0.4) is 0 Å². The molecule has 2 fully saturated rings. The zero-order valence-corrected chi connectivity index (χ0v) is 15.4. The number of fused-ring (bicyclic) bond motifs is 2. The van der Waals surface area contributed by atoms with E-state index >= 15 is 0 Å². The van der Waals surface area contributed by atoms with Crippen LogP contribution in [0.15, 0.2) is 24.3 Å². The van der Waals surface area contributed by atoms with Crippen LogP contribution in [0.5, 0.6) is 0 Å². The molecule has 2 amide bonds. The molecule has 0 heterocycles. The highest BCUT2D eigenvalue weighted by molar-refractivity contribution is 5.96. The quantitative estimate of drug-likeness (QED) is 0.793. The number of nitrogens with one attached hydrogen (secondary N) is 2. The Hall–Kier alpha value is -2.37. The van der Waals surface area contributed by atoms with E-state index < -0.39 is 29.6 Å². The van der Waals surface area contributed by atoms with E-state index in [1.54, 1.807) is 12.1 Å². The van der Waals surface area contributed by atoms with Crippen LogP contribution in [0.25, 0.3) is 0 Å². The van der Waals surface area contributed by atoms with Crippen LogP contribution in [-0.2, 0) is 15.0 Å². The van der Waals surface area contributed by atoms with Gasteiger partial charge in [-0.25, -0.2) is 0 Å². The van der Waals surface area contributed by atoms with Gasteiger partial charge >= 0.3 is 0 Å². The van der Waals surface area contributed by atoms with Crippen molar-refractivity contribution < 1.29 is 19.5 Å². The van der Waals surface area contributed by atoms with Gasteiger partial charge in [0.25, 0.3) is 5.91 Å². The predicted molar refractivity (Wildman–Crippen MR) is 93.6 cm³/mol. The molecule has 0 spiro atoms. The standard InChI is InChI=1S/C20H26N2O4/c1-20(2,3)14-8-6-11(7-9-14)17(23)21-22-18(24)15-12-4-5-13(10-12)16(15)19(25)26/h6-9,12-13,15-16H,4-5,10H2,1-3H3,(H,21,23)(H,22,24)(H,25,26)/p-1/t12-,13+,15+,16+/m1/s1. The summed E-state index contributed by atoms with van der Waals surface area (Å²) in [6.45, 7) is 6.27. The molecule has 140 valence electrons. The summed E-state index contributed by atoms with van der Waals surface area (Å²) >= 11 is 0. The summed E-state index contributed by atoms with van der Waals surface area (Å²) in [5.41, 5.74) is 6.34. The highest BCUT2D eigenvalue weighted by Crippen LogP contribution is 2.52. The topological polar surface area (TPSA) is 98.3 Å². The van der Waals surface area contributed by atoms with E-state index in [0.29, 0.717) is 5.56 Å². The van der Waals surface area contributed by atoms with Gasteiger partial charge in [-0.15, -0.1) is 0 Å². The number of carbonyl (C=O) groups is 3. The zero-order valence-electron chi connectivity index (χ0n) is 15.4. The lowest BCUT2D eigenvalue weighted by atomic mass is 9.79. The first kappa shape index (κ1) is 18.4. The minimum Gasteiger partial charge on any atom is -0.550 e. The largest absolute Gasteiger partial charge is 0.550 e. The molecule has 4 atom stereocenters. The first-order valence-corrected chi connectivity index (χ1v) is 9.10. The fourth-order valence-electron chi connectivity index (χ4n) is 4.40. The Morgan fingerprint density at radius 2 is 1.54 bits per heavy atom. The van der Waals surface area contributed by atoms with Gasteiger partial charge in [-0.05, 0) is 54.2 Å². The van der Waals surface area contributed by atoms with Crippen LogP contribution >= 0.6 is 0 Å². The Labute approximate surface area is 153 Å². The molecule has 6 nitrogen and oxygen atoms in total. The summed E-state index contributed by atoms with van der Waals surface area (Å²) in [5, 5.41) is 11.4. The highest BCUT2D eigenvalue weighted by Gasteiger charge is 2.51. The van der Waals surface area contributed by atoms with Gasteiger partial charge in [-0.2, -0.15) is 0 Å². The van der Waals surface area contributed by atoms with Crippen LogP contribution in [0.2, 0.25) is 0 Å². The number of carboxylic acid groups (broad SMARTS) is 1. The smallest absolute Gasteiger partial charge is 0.269 e. The molecule has 2 aliphatic rings. The second-order valence-electron chi connectivity index (χ2n) is 8.47. The normalized spacial score (nSPS) is 27.2. The molecule has 2 bridgehead atoms. The number of carbonyl (C=O) groups excluding carboxylic acids is 3. The summed E-state index contributed by atoms with van der Waals surface area (Å²) in [6.07, 6.45) is 2.44. The van der Waals surface area contributed by atoms with Crippen molar-refractivity contribution in [3.8, 4) is 0 Å². The van der Waals surface area contributed by atoms with Crippen molar-refractivity contribution in [3.05, 3.63) is 35.4 Å². The highest BCUT2D eigenvalue weighted by atomic mass is 16.4. The molecule has 0 saturated heterocycles. The van der Waals surface area contributed by atoms with Gasteiger partial charge in [0.2, 0.25) is 5.91 Å². The second kappa shape index (κ2) is 6.74. The molecule has 1 aromatic carbocycles. The number of carboxylic acids is 1. The average molecular weight is 357 g/mol. The molecule has 2 saturated carbocycles. The molecule has 26 heavy (non-hydrogen) atoms. The third-order valence-corrected chi connectivity index (χ3v) is 5.80. The molecule has 0 radical (unpaired) electrons. The van der Waals surface area contributed by atoms with Crippen LogP contribution in [0.4, 0.5) is 0 Å². The Balaban J connectivity index is 1.61. The Kier molecular flexibility index (Phi) is 4.78.